The van der Waals surface area contributed by atoms with Crippen molar-refractivity contribution in [3.63, 3.8) is 0 Å². The number of hydrogen-bond acceptors (Lipinski definition) is 2. The first-order valence-corrected chi connectivity index (χ1v) is 8.09. The highest BCUT2D eigenvalue weighted by atomic mass is 19.4. The summed E-state index contributed by atoms with van der Waals surface area (Å²) in [6, 6.07) is 10.5. The van der Waals surface area contributed by atoms with E-state index in [9.17, 15) is 18.0 Å². The van der Waals surface area contributed by atoms with Crippen LogP contribution in [0.3, 0.4) is 0 Å². The molecule has 2 aromatic rings. The Bertz CT molecular complexity index is 762. The van der Waals surface area contributed by atoms with Gasteiger partial charge in [-0.05, 0) is 30.5 Å². The molecule has 4 nitrogen and oxygen atoms in total. The Morgan fingerprint density at radius 2 is 2.00 bits per heavy atom. The fraction of sp³-hybridized carbons (Fsp3) is 0.333. The number of rotatable bonds is 6. The Hall–Kier alpha value is -2.57. The first-order chi connectivity index (χ1) is 11.9. The van der Waals surface area contributed by atoms with Crippen LogP contribution in [0.4, 0.5) is 13.2 Å². The van der Waals surface area contributed by atoms with E-state index in [0.29, 0.717) is 5.69 Å². The monoisotopic (exact) mass is 349 g/mol. The summed E-state index contributed by atoms with van der Waals surface area (Å²) in [6.07, 6.45) is 0.406. The first-order valence-electron chi connectivity index (χ1n) is 8.09. The molecular formula is C18H18F3N3O. The minimum absolute atomic E-state index is 0.150. The third-order valence-corrected chi connectivity index (χ3v) is 3.95. The number of nitrogens with one attached hydrogen (secondary N) is 1. The molecule has 0 unspecified atom stereocenters. The van der Waals surface area contributed by atoms with Crippen LogP contribution in [0.25, 0.3) is 6.08 Å². The average Bonchev–Trinajstić information content (AvgIpc) is 3.33. The SMILES string of the molecule is O=C(/C=C/c1ccccc1)NCCn1nc(C(F)(F)F)cc1C1CC1. The molecule has 7 heteroatoms. The van der Waals surface area contributed by atoms with Gasteiger partial charge in [-0.15, -0.1) is 0 Å². The molecule has 0 spiro atoms. The van der Waals surface area contributed by atoms with Crippen molar-refractivity contribution in [2.24, 2.45) is 0 Å². The molecular weight excluding hydrogens is 331 g/mol. The van der Waals surface area contributed by atoms with E-state index in [1.54, 1.807) is 6.08 Å². The first kappa shape index (κ1) is 17.3. The van der Waals surface area contributed by atoms with Gasteiger partial charge < -0.3 is 5.32 Å². The quantitative estimate of drug-likeness (QED) is 0.810. The summed E-state index contributed by atoms with van der Waals surface area (Å²) in [4.78, 5) is 11.8. The van der Waals surface area contributed by atoms with Crippen molar-refractivity contribution in [2.75, 3.05) is 6.54 Å². The molecule has 1 aliphatic rings. The topological polar surface area (TPSA) is 46.9 Å². The highest BCUT2D eigenvalue weighted by molar-refractivity contribution is 5.91. The molecule has 0 saturated heterocycles. The van der Waals surface area contributed by atoms with Crippen molar-refractivity contribution in [1.29, 1.82) is 0 Å². The van der Waals surface area contributed by atoms with Crippen molar-refractivity contribution in [2.45, 2.75) is 31.5 Å². The zero-order valence-electron chi connectivity index (χ0n) is 13.5. The van der Waals surface area contributed by atoms with E-state index in [4.69, 9.17) is 0 Å². The van der Waals surface area contributed by atoms with Gasteiger partial charge in [0.05, 0.1) is 6.54 Å². The molecule has 1 aliphatic carbocycles. The Labute approximate surface area is 143 Å². The molecule has 1 N–H and O–H groups in total. The number of nitrogens with zero attached hydrogens (tertiary/aromatic N) is 2. The molecule has 0 atom stereocenters. The molecule has 0 radical (unpaired) electrons. The predicted octanol–water partition coefficient (Wildman–Crippen LogP) is 3.61. The van der Waals surface area contributed by atoms with Gasteiger partial charge in [-0.2, -0.15) is 18.3 Å². The summed E-state index contributed by atoms with van der Waals surface area (Å²) in [5.41, 5.74) is 0.627. The summed E-state index contributed by atoms with van der Waals surface area (Å²) in [5.74, 6) is -0.141. The van der Waals surface area contributed by atoms with Gasteiger partial charge in [-0.3, -0.25) is 9.48 Å². The molecule has 3 rings (SSSR count). The van der Waals surface area contributed by atoms with Crippen LogP contribution in [-0.2, 0) is 17.5 Å². The summed E-state index contributed by atoms with van der Waals surface area (Å²) >= 11 is 0. The van der Waals surface area contributed by atoms with E-state index in [-0.39, 0.29) is 24.9 Å². The molecule has 1 saturated carbocycles. The largest absolute Gasteiger partial charge is 0.435 e. The number of carbonyl (C=O) groups is 1. The standard InChI is InChI=1S/C18H18F3N3O/c19-18(20,21)16-12-15(14-7-8-14)24(23-16)11-10-22-17(25)9-6-13-4-2-1-3-5-13/h1-6,9,12,14H,7-8,10-11H2,(H,22,25)/b9-6+. The Morgan fingerprint density at radius 3 is 2.64 bits per heavy atom. The van der Waals surface area contributed by atoms with Crippen LogP contribution in [0.15, 0.2) is 42.5 Å². The van der Waals surface area contributed by atoms with Crippen LogP contribution < -0.4 is 5.32 Å². The van der Waals surface area contributed by atoms with Crippen LogP contribution in [0.1, 0.15) is 35.7 Å². The maximum atomic E-state index is 12.8. The van der Waals surface area contributed by atoms with Crippen molar-refractivity contribution < 1.29 is 18.0 Å². The Kier molecular flexibility index (Phi) is 4.92. The molecule has 132 valence electrons. The summed E-state index contributed by atoms with van der Waals surface area (Å²) in [5, 5.41) is 6.32. The third-order valence-electron chi connectivity index (χ3n) is 3.95. The smallest absolute Gasteiger partial charge is 0.351 e. The van der Waals surface area contributed by atoms with Gasteiger partial charge in [0.2, 0.25) is 5.91 Å². The number of alkyl halides is 3. The van der Waals surface area contributed by atoms with Gasteiger partial charge >= 0.3 is 6.18 Å². The number of hydrogen-bond donors (Lipinski definition) is 1. The average molecular weight is 349 g/mol. The minimum Gasteiger partial charge on any atom is -0.351 e. The van der Waals surface area contributed by atoms with Gasteiger partial charge in [-0.25, -0.2) is 0 Å². The summed E-state index contributed by atoms with van der Waals surface area (Å²) in [7, 11) is 0. The minimum atomic E-state index is -4.45. The molecule has 0 bridgehead atoms. The molecule has 1 aromatic carbocycles. The number of benzene rings is 1. The fourth-order valence-electron chi connectivity index (χ4n) is 2.54. The lowest BCUT2D eigenvalue weighted by atomic mass is 10.2. The highest BCUT2D eigenvalue weighted by Gasteiger charge is 2.37. The summed E-state index contributed by atoms with van der Waals surface area (Å²) in [6.45, 7) is 0.434. The van der Waals surface area contributed by atoms with Gasteiger partial charge in [0.15, 0.2) is 5.69 Å². The van der Waals surface area contributed by atoms with Crippen LogP contribution in [0, 0.1) is 0 Å². The van der Waals surface area contributed by atoms with Crippen molar-refractivity contribution in [1.82, 2.24) is 15.1 Å². The Morgan fingerprint density at radius 1 is 1.28 bits per heavy atom. The zero-order chi connectivity index (χ0) is 17.9. The van der Waals surface area contributed by atoms with Crippen molar-refractivity contribution >= 4 is 12.0 Å². The second kappa shape index (κ2) is 7.13. The molecule has 0 aliphatic heterocycles. The Balaban J connectivity index is 1.56. The van der Waals surface area contributed by atoms with Gasteiger partial charge in [0.1, 0.15) is 0 Å². The van der Waals surface area contributed by atoms with E-state index in [0.717, 1.165) is 24.5 Å². The molecule has 1 amide bonds. The fourth-order valence-corrected chi connectivity index (χ4v) is 2.54. The van der Waals surface area contributed by atoms with Gasteiger partial charge in [0, 0.05) is 24.2 Å². The van der Waals surface area contributed by atoms with Crippen LogP contribution in [0.2, 0.25) is 0 Å². The lowest BCUT2D eigenvalue weighted by Crippen LogP contribution is -2.26. The summed E-state index contributed by atoms with van der Waals surface area (Å²) < 4.78 is 39.8. The lowest BCUT2D eigenvalue weighted by Gasteiger charge is -2.07. The molecule has 1 heterocycles. The number of carbonyl (C=O) groups excluding carboxylic acids is 1. The van der Waals surface area contributed by atoms with E-state index >= 15 is 0 Å². The maximum Gasteiger partial charge on any atom is 0.435 e. The lowest BCUT2D eigenvalue weighted by molar-refractivity contribution is -0.141. The highest BCUT2D eigenvalue weighted by Crippen LogP contribution is 2.42. The normalized spacial score (nSPS) is 14.8. The maximum absolute atomic E-state index is 12.8. The van der Waals surface area contributed by atoms with Crippen LogP contribution in [0.5, 0.6) is 0 Å². The number of halogens is 3. The molecule has 1 fully saturated rings. The predicted molar refractivity (Wildman–Crippen MR) is 87.7 cm³/mol. The van der Waals surface area contributed by atoms with Crippen molar-refractivity contribution in [3.8, 4) is 0 Å². The van der Waals surface area contributed by atoms with Crippen LogP contribution >= 0.6 is 0 Å². The van der Waals surface area contributed by atoms with E-state index in [1.807, 2.05) is 30.3 Å². The number of amides is 1. The zero-order valence-corrected chi connectivity index (χ0v) is 13.5. The third kappa shape index (κ3) is 4.71. The van der Waals surface area contributed by atoms with E-state index in [2.05, 4.69) is 10.4 Å². The second-order valence-corrected chi connectivity index (χ2v) is 5.98. The molecule has 1 aromatic heterocycles. The van der Waals surface area contributed by atoms with E-state index < -0.39 is 11.9 Å². The second-order valence-electron chi connectivity index (χ2n) is 5.98. The van der Waals surface area contributed by atoms with Gasteiger partial charge in [-0.1, -0.05) is 30.3 Å². The number of aromatic nitrogens is 2. The van der Waals surface area contributed by atoms with Crippen molar-refractivity contribution in [3.05, 3.63) is 59.4 Å². The molecule has 25 heavy (non-hydrogen) atoms. The van der Waals surface area contributed by atoms with Gasteiger partial charge in [0.25, 0.3) is 0 Å². The van der Waals surface area contributed by atoms with Crippen LogP contribution in [-0.4, -0.2) is 22.2 Å². The van der Waals surface area contributed by atoms with E-state index in [1.165, 1.54) is 10.8 Å².